The van der Waals surface area contributed by atoms with Gasteiger partial charge in [0.1, 0.15) is 0 Å². The summed E-state index contributed by atoms with van der Waals surface area (Å²) in [6, 6.07) is 15.5. The predicted octanol–water partition coefficient (Wildman–Crippen LogP) is 7.96. The van der Waals surface area contributed by atoms with Gasteiger partial charge in [-0.25, -0.2) is 9.97 Å². The van der Waals surface area contributed by atoms with Crippen molar-refractivity contribution < 1.29 is 28.4 Å². The molecule has 0 saturated carbocycles. The molecule has 12 heteroatoms. The lowest BCUT2D eigenvalue weighted by molar-refractivity contribution is 0.324. The molecule has 5 aromatic rings. The topological polar surface area (TPSA) is 139 Å². The Bertz CT molecular complexity index is 2240. The summed E-state index contributed by atoms with van der Waals surface area (Å²) in [7, 11) is 9.53. The molecule has 262 valence electrons. The highest BCUT2D eigenvalue weighted by Crippen LogP contribution is 2.44. The number of ether oxygens (including phenoxy) is 6. The zero-order chi connectivity index (χ0) is 36.2. The van der Waals surface area contributed by atoms with Gasteiger partial charge in [0.15, 0.2) is 23.0 Å². The third-order valence-electron chi connectivity index (χ3n) is 8.54. The fourth-order valence-electron chi connectivity index (χ4n) is 6.17. The van der Waals surface area contributed by atoms with Crippen LogP contribution in [0.4, 0.5) is 0 Å². The van der Waals surface area contributed by atoms with Gasteiger partial charge < -0.3 is 38.4 Å². The van der Waals surface area contributed by atoms with Gasteiger partial charge in [-0.15, -0.1) is 0 Å². The lowest BCUT2D eigenvalue weighted by Gasteiger charge is -2.14. The smallest absolute Gasteiger partial charge is 0.203 e. The first-order chi connectivity index (χ1) is 25.5. The van der Waals surface area contributed by atoms with Crippen molar-refractivity contribution in [2.24, 2.45) is 0 Å². The molecule has 52 heavy (non-hydrogen) atoms. The molecule has 0 fully saturated rings. The maximum Gasteiger partial charge on any atom is 0.203 e. The molecule has 0 unspecified atom stereocenters. The summed E-state index contributed by atoms with van der Waals surface area (Å²) in [5, 5.41) is 0. The third-order valence-corrected chi connectivity index (χ3v) is 8.54. The van der Waals surface area contributed by atoms with Crippen molar-refractivity contribution in [1.82, 2.24) is 29.9 Å². The summed E-state index contributed by atoms with van der Waals surface area (Å²) in [6.07, 6.45) is 14.7. The maximum atomic E-state index is 5.68. The molecule has 0 spiro atoms. The average Bonchev–Trinajstić information content (AvgIpc) is 4.01. The van der Waals surface area contributed by atoms with Crippen LogP contribution in [0.5, 0.6) is 34.5 Å². The van der Waals surface area contributed by atoms with Gasteiger partial charge >= 0.3 is 0 Å². The molecule has 8 bridgehead atoms. The van der Waals surface area contributed by atoms with E-state index in [4.69, 9.17) is 38.4 Å². The normalized spacial score (nSPS) is 11.5. The van der Waals surface area contributed by atoms with Gasteiger partial charge in [0.25, 0.3) is 0 Å². The zero-order valence-electron chi connectivity index (χ0n) is 29.5. The van der Waals surface area contributed by atoms with Crippen LogP contribution in [-0.4, -0.2) is 72.6 Å². The third kappa shape index (κ3) is 6.44. The molecule has 3 aromatic heterocycles. The van der Waals surface area contributed by atoms with Gasteiger partial charge in [-0.1, -0.05) is 0 Å². The number of hydrogen-bond donors (Lipinski definition) is 2. The number of nitrogens with one attached hydrogen (secondary N) is 2. The van der Waals surface area contributed by atoms with E-state index in [0.717, 1.165) is 55.7 Å². The van der Waals surface area contributed by atoms with Gasteiger partial charge in [0.05, 0.1) is 101 Å². The second-order valence-corrected chi connectivity index (χ2v) is 11.6. The van der Waals surface area contributed by atoms with Crippen LogP contribution in [0.1, 0.15) is 22.8 Å². The SMILES string of the molecule is COc1cc(-c2c3nc(cncc4ccc([nH]4)c(-c4cc(OC)c(OC)c(OC)c4)c4nc(cncc5ccc2[nH]5)C=C4)C=C3)cc(OC)c1OC. The van der Waals surface area contributed by atoms with E-state index in [1.54, 1.807) is 67.4 Å². The summed E-state index contributed by atoms with van der Waals surface area (Å²) in [4.78, 5) is 26.1. The number of aromatic amines is 2. The summed E-state index contributed by atoms with van der Waals surface area (Å²) < 4.78 is 33.9. The van der Waals surface area contributed by atoms with Crippen LogP contribution in [0.25, 0.3) is 68.6 Å². The first kappa shape index (κ1) is 33.7. The average molecular weight is 697 g/mol. The Balaban J connectivity index is 1.47. The number of rotatable bonds is 8. The Morgan fingerprint density at radius 2 is 0.827 bits per heavy atom. The van der Waals surface area contributed by atoms with Crippen LogP contribution in [0.2, 0.25) is 0 Å². The van der Waals surface area contributed by atoms with Gasteiger partial charge in [-0.05, 0) is 84.0 Å². The van der Waals surface area contributed by atoms with E-state index in [-0.39, 0.29) is 0 Å². The molecular formula is C40H36N6O6. The fraction of sp³-hybridized carbons (Fsp3) is 0.150. The molecule has 0 amide bonds. The standard InChI is InChI=1S/C40H36N6O6/c1-47-33-15-23(16-34(48-2)39(33)51-5)37-29-11-7-25(43-29)19-41-21-27-9-13-31(45-27)38(24-17-35(49-3)40(52-6)36(18-24)50-4)32-14-10-28(46-32)22-42-20-26-8-12-30(37)44-26/h7-22,43,46H,1-6H3. The Labute approximate surface area is 299 Å². The first-order valence-corrected chi connectivity index (χ1v) is 16.2. The van der Waals surface area contributed by atoms with Crippen LogP contribution in [0.3, 0.4) is 0 Å². The fourth-order valence-corrected chi connectivity index (χ4v) is 6.17. The number of fused-ring (bicyclic) bond motifs is 8. The highest BCUT2D eigenvalue weighted by Gasteiger charge is 2.19. The first-order valence-electron chi connectivity index (χ1n) is 16.2. The molecule has 2 aliphatic heterocycles. The zero-order valence-corrected chi connectivity index (χ0v) is 29.5. The van der Waals surface area contributed by atoms with E-state index in [2.05, 4.69) is 19.9 Å². The molecule has 2 aromatic carbocycles. The maximum absolute atomic E-state index is 5.68. The second-order valence-electron chi connectivity index (χ2n) is 11.6. The van der Waals surface area contributed by atoms with E-state index in [0.29, 0.717) is 45.9 Å². The molecule has 5 heterocycles. The van der Waals surface area contributed by atoms with Gasteiger partial charge in [-0.3, -0.25) is 9.97 Å². The van der Waals surface area contributed by atoms with Crippen molar-refractivity contribution in [3.05, 3.63) is 96.1 Å². The number of hydrogen-bond acceptors (Lipinski definition) is 10. The van der Waals surface area contributed by atoms with Crippen LogP contribution in [-0.2, 0) is 0 Å². The van der Waals surface area contributed by atoms with Crippen molar-refractivity contribution in [2.45, 2.75) is 0 Å². The van der Waals surface area contributed by atoms with Crippen LogP contribution in [0, 0.1) is 0 Å². The Morgan fingerprint density at radius 3 is 1.17 bits per heavy atom. The molecule has 0 aliphatic carbocycles. The van der Waals surface area contributed by atoms with E-state index in [1.165, 1.54) is 0 Å². The van der Waals surface area contributed by atoms with Crippen LogP contribution < -0.4 is 28.4 Å². The molecule has 7 rings (SSSR count). The predicted molar refractivity (Wildman–Crippen MR) is 202 cm³/mol. The van der Waals surface area contributed by atoms with E-state index in [9.17, 15) is 0 Å². The minimum atomic E-state index is 0.500. The minimum absolute atomic E-state index is 0.500. The molecule has 2 N–H and O–H groups in total. The highest BCUT2D eigenvalue weighted by atomic mass is 16.5. The summed E-state index contributed by atoms with van der Waals surface area (Å²) in [5.41, 5.74) is 9.28. The minimum Gasteiger partial charge on any atom is -0.493 e. The van der Waals surface area contributed by atoms with Gasteiger partial charge in [0.2, 0.25) is 11.5 Å². The summed E-state index contributed by atoms with van der Waals surface area (Å²) >= 11 is 0. The van der Waals surface area contributed by atoms with Crippen molar-refractivity contribution in [3.63, 3.8) is 0 Å². The molecule has 0 saturated heterocycles. The highest BCUT2D eigenvalue weighted by molar-refractivity contribution is 5.93. The molecule has 0 radical (unpaired) electrons. The Kier molecular flexibility index (Phi) is 9.44. The van der Waals surface area contributed by atoms with Crippen molar-refractivity contribution in [3.8, 4) is 56.8 Å². The lowest BCUT2D eigenvalue weighted by Crippen LogP contribution is -1.96. The Morgan fingerprint density at radius 1 is 0.442 bits per heavy atom. The van der Waals surface area contributed by atoms with E-state index in [1.807, 2.05) is 72.8 Å². The van der Waals surface area contributed by atoms with E-state index >= 15 is 0 Å². The van der Waals surface area contributed by atoms with Crippen LogP contribution >= 0.6 is 0 Å². The van der Waals surface area contributed by atoms with Gasteiger partial charge in [-0.2, -0.15) is 0 Å². The summed E-state index contributed by atoms with van der Waals surface area (Å²) in [6.45, 7) is 0. The van der Waals surface area contributed by atoms with Crippen LogP contribution in [0.15, 0.2) is 73.3 Å². The monoisotopic (exact) mass is 696 g/mol. The molecule has 2 aliphatic rings. The second kappa shape index (κ2) is 14.6. The summed E-state index contributed by atoms with van der Waals surface area (Å²) in [5.74, 6) is 3.11. The number of aromatic nitrogens is 6. The molecular weight excluding hydrogens is 660 g/mol. The quantitative estimate of drug-likeness (QED) is 0.161. The largest absolute Gasteiger partial charge is 0.493 e. The number of methoxy groups -OCH3 is 6. The van der Waals surface area contributed by atoms with Crippen molar-refractivity contribution in [1.29, 1.82) is 0 Å². The Hall–Kier alpha value is -6.82. The number of benzene rings is 2. The van der Waals surface area contributed by atoms with E-state index < -0.39 is 0 Å². The van der Waals surface area contributed by atoms with Gasteiger partial charge in [0, 0.05) is 22.2 Å². The number of H-pyrrole nitrogens is 2. The number of nitrogens with zero attached hydrogens (tertiary/aromatic N) is 4. The molecule has 12 nitrogen and oxygen atoms in total. The van der Waals surface area contributed by atoms with Crippen molar-refractivity contribution >= 4 is 46.4 Å². The molecule has 0 atom stereocenters. The lowest BCUT2D eigenvalue weighted by atomic mass is 10.0. The van der Waals surface area contributed by atoms with Crippen molar-refractivity contribution in [2.75, 3.05) is 42.7 Å².